The van der Waals surface area contributed by atoms with E-state index in [1.54, 1.807) is 18.2 Å². The molecule has 23 heavy (non-hydrogen) atoms. The van der Waals surface area contributed by atoms with Crippen LogP contribution in [0.1, 0.15) is 32.1 Å². The lowest BCUT2D eigenvalue weighted by molar-refractivity contribution is 0.252. The molecule has 2 aliphatic rings. The Bertz CT molecular complexity index is 641. The van der Waals surface area contributed by atoms with Crippen LogP contribution in [-0.2, 0) is 0 Å². The highest BCUT2D eigenvalue weighted by atomic mass is 32.2. The van der Waals surface area contributed by atoms with Gasteiger partial charge in [0.05, 0.1) is 0 Å². The van der Waals surface area contributed by atoms with Crippen LogP contribution in [0.15, 0.2) is 39.1 Å². The lowest BCUT2D eigenvalue weighted by Crippen LogP contribution is -2.58. The molecule has 0 amide bonds. The summed E-state index contributed by atoms with van der Waals surface area (Å²) >= 11 is 0.512. The predicted octanol–water partition coefficient (Wildman–Crippen LogP) is 3.11. The van der Waals surface area contributed by atoms with E-state index in [1.807, 2.05) is 11.0 Å². The molecule has 0 saturated heterocycles. The van der Waals surface area contributed by atoms with E-state index in [1.165, 1.54) is 0 Å². The van der Waals surface area contributed by atoms with Crippen molar-refractivity contribution in [3.8, 4) is 0 Å². The first-order valence-electron chi connectivity index (χ1n) is 7.55. The van der Waals surface area contributed by atoms with Gasteiger partial charge in [-0.3, -0.25) is 4.90 Å². The SMILES string of the molecule is NC1=NC2(CCCCC2)N(c2cccc(SC(F)F)c2)C(N)=N1. The highest BCUT2D eigenvalue weighted by Crippen LogP contribution is 2.40. The van der Waals surface area contributed by atoms with Crippen molar-refractivity contribution in [3.63, 3.8) is 0 Å². The van der Waals surface area contributed by atoms with Crippen molar-refractivity contribution >= 4 is 29.4 Å². The molecule has 1 aromatic carbocycles. The van der Waals surface area contributed by atoms with E-state index in [9.17, 15) is 8.78 Å². The molecule has 1 aliphatic heterocycles. The number of aliphatic imine (C=N–C) groups is 2. The minimum absolute atomic E-state index is 0.179. The van der Waals surface area contributed by atoms with E-state index in [0.29, 0.717) is 16.7 Å². The zero-order valence-electron chi connectivity index (χ0n) is 12.6. The number of rotatable bonds is 3. The zero-order chi connectivity index (χ0) is 16.4. The molecule has 5 nitrogen and oxygen atoms in total. The molecule has 1 aliphatic carbocycles. The maximum Gasteiger partial charge on any atom is 0.288 e. The van der Waals surface area contributed by atoms with E-state index in [2.05, 4.69) is 9.98 Å². The second kappa shape index (κ2) is 6.35. The zero-order valence-corrected chi connectivity index (χ0v) is 13.4. The Morgan fingerprint density at radius 2 is 1.91 bits per heavy atom. The van der Waals surface area contributed by atoms with Crippen LogP contribution in [0.25, 0.3) is 0 Å². The van der Waals surface area contributed by atoms with Gasteiger partial charge in [0.1, 0.15) is 5.66 Å². The average Bonchev–Trinajstić information content (AvgIpc) is 2.46. The maximum atomic E-state index is 12.6. The van der Waals surface area contributed by atoms with Crippen molar-refractivity contribution < 1.29 is 8.78 Å². The molecule has 8 heteroatoms. The Hall–Kier alpha value is -1.83. The molecule has 1 saturated carbocycles. The first-order valence-corrected chi connectivity index (χ1v) is 8.43. The molecule has 0 bridgehead atoms. The van der Waals surface area contributed by atoms with Crippen molar-refractivity contribution in [2.45, 2.75) is 48.4 Å². The fraction of sp³-hybridized carbons (Fsp3) is 0.467. The van der Waals surface area contributed by atoms with Gasteiger partial charge in [0.25, 0.3) is 5.76 Å². The topological polar surface area (TPSA) is 80.0 Å². The van der Waals surface area contributed by atoms with Crippen molar-refractivity contribution in [2.75, 3.05) is 4.90 Å². The average molecular weight is 339 g/mol. The van der Waals surface area contributed by atoms with Crippen molar-refractivity contribution in [1.29, 1.82) is 0 Å². The Labute approximate surface area is 137 Å². The molecule has 0 aromatic heterocycles. The monoisotopic (exact) mass is 339 g/mol. The standard InChI is InChI=1S/C15H19F2N5S/c16-12(17)23-11-6-4-5-10(9-11)22-14(19)20-13(18)21-15(22)7-2-1-3-8-15/h4-6,9,12H,1-3,7-8H2,(H4,18,19,20,21). The molecule has 1 aromatic rings. The number of anilines is 1. The summed E-state index contributed by atoms with van der Waals surface area (Å²) in [4.78, 5) is 11.0. The number of guanidine groups is 2. The molecule has 1 fully saturated rings. The highest BCUT2D eigenvalue weighted by molar-refractivity contribution is 7.99. The minimum atomic E-state index is -2.46. The first kappa shape index (κ1) is 16.0. The van der Waals surface area contributed by atoms with Gasteiger partial charge in [0, 0.05) is 10.6 Å². The van der Waals surface area contributed by atoms with Gasteiger partial charge in [-0.1, -0.05) is 24.2 Å². The van der Waals surface area contributed by atoms with Crippen molar-refractivity contribution in [2.24, 2.45) is 21.5 Å². The summed E-state index contributed by atoms with van der Waals surface area (Å²) < 4.78 is 25.3. The number of halogens is 2. The number of benzene rings is 1. The highest BCUT2D eigenvalue weighted by Gasteiger charge is 2.42. The lowest BCUT2D eigenvalue weighted by Gasteiger charge is -2.45. The first-order chi connectivity index (χ1) is 11.0. The number of alkyl halides is 2. The van der Waals surface area contributed by atoms with Gasteiger partial charge in [-0.05, 0) is 43.9 Å². The van der Waals surface area contributed by atoms with E-state index in [4.69, 9.17) is 11.5 Å². The van der Waals surface area contributed by atoms with Crippen LogP contribution in [-0.4, -0.2) is 23.3 Å². The van der Waals surface area contributed by atoms with Gasteiger partial charge >= 0.3 is 0 Å². The summed E-state index contributed by atoms with van der Waals surface area (Å²) in [6, 6.07) is 6.94. The molecular weight excluding hydrogens is 320 g/mol. The fourth-order valence-corrected chi connectivity index (χ4v) is 3.85. The van der Waals surface area contributed by atoms with Gasteiger partial charge < -0.3 is 11.5 Å². The van der Waals surface area contributed by atoms with Gasteiger partial charge in [0.15, 0.2) is 0 Å². The molecule has 1 spiro atoms. The summed E-state index contributed by atoms with van der Waals surface area (Å²) in [5, 5.41) is 0. The molecular formula is C15H19F2N5S. The Morgan fingerprint density at radius 1 is 1.17 bits per heavy atom. The second-order valence-electron chi connectivity index (χ2n) is 5.69. The third-order valence-corrected chi connectivity index (χ3v) is 4.86. The molecule has 124 valence electrons. The number of hydrogen-bond donors (Lipinski definition) is 2. The van der Waals surface area contributed by atoms with Crippen molar-refractivity contribution in [1.82, 2.24) is 0 Å². The minimum Gasteiger partial charge on any atom is -0.369 e. The van der Waals surface area contributed by atoms with E-state index in [-0.39, 0.29) is 11.9 Å². The van der Waals surface area contributed by atoms with Crippen LogP contribution in [0.4, 0.5) is 14.5 Å². The number of hydrogen-bond acceptors (Lipinski definition) is 6. The lowest BCUT2D eigenvalue weighted by atomic mass is 9.87. The normalized spacial score (nSPS) is 20.6. The summed E-state index contributed by atoms with van der Waals surface area (Å²) in [5.41, 5.74) is 12.1. The molecule has 3 rings (SSSR count). The third kappa shape index (κ3) is 3.26. The summed E-state index contributed by atoms with van der Waals surface area (Å²) in [5.74, 6) is -2.02. The summed E-state index contributed by atoms with van der Waals surface area (Å²) in [6.45, 7) is 0. The Morgan fingerprint density at radius 3 is 2.61 bits per heavy atom. The van der Waals surface area contributed by atoms with Crippen LogP contribution in [0, 0.1) is 0 Å². The Kier molecular flexibility index (Phi) is 4.43. The van der Waals surface area contributed by atoms with Crippen LogP contribution in [0.3, 0.4) is 0 Å². The third-order valence-electron chi connectivity index (χ3n) is 4.15. The Balaban J connectivity index is 2.00. The van der Waals surface area contributed by atoms with Crippen LogP contribution >= 0.6 is 11.8 Å². The van der Waals surface area contributed by atoms with E-state index >= 15 is 0 Å². The molecule has 4 N–H and O–H groups in total. The van der Waals surface area contributed by atoms with Crippen LogP contribution in [0.2, 0.25) is 0 Å². The molecule has 0 unspecified atom stereocenters. The predicted molar refractivity (Wildman–Crippen MR) is 89.8 cm³/mol. The van der Waals surface area contributed by atoms with E-state index < -0.39 is 11.4 Å². The van der Waals surface area contributed by atoms with E-state index in [0.717, 1.165) is 37.8 Å². The van der Waals surface area contributed by atoms with Crippen molar-refractivity contribution in [3.05, 3.63) is 24.3 Å². The smallest absolute Gasteiger partial charge is 0.288 e. The van der Waals surface area contributed by atoms with Gasteiger partial charge in [-0.15, -0.1) is 0 Å². The van der Waals surface area contributed by atoms with Gasteiger partial charge in [0.2, 0.25) is 11.9 Å². The quantitative estimate of drug-likeness (QED) is 0.829. The number of nitrogens with two attached hydrogens (primary N) is 2. The summed E-state index contributed by atoms with van der Waals surface area (Å²) in [7, 11) is 0. The maximum absolute atomic E-state index is 12.6. The second-order valence-corrected chi connectivity index (χ2v) is 6.76. The number of nitrogens with zero attached hydrogens (tertiary/aromatic N) is 3. The molecule has 0 atom stereocenters. The number of thioether (sulfide) groups is 1. The molecule has 1 heterocycles. The fourth-order valence-electron chi connectivity index (χ4n) is 3.29. The molecule has 0 radical (unpaired) electrons. The largest absolute Gasteiger partial charge is 0.369 e. The van der Waals surface area contributed by atoms with Crippen LogP contribution in [0.5, 0.6) is 0 Å². The van der Waals surface area contributed by atoms with Gasteiger partial charge in [-0.2, -0.15) is 13.8 Å². The summed E-state index contributed by atoms with van der Waals surface area (Å²) in [6.07, 6.45) is 4.81. The van der Waals surface area contributed by atoms with Crippen LogP contribution < -0.4 is 16.4 Å². The van der Waals surface area contributed by atoms with Gasteiger partial charge in [-0.25, -0.2) is 4.99 Å².